The Bertz CT molecular complexity index is 670. The van der Waals surface area contributed by atoms with E-state index in [2.05, 4.69) is 31.4 Å². The molecule has 0 saturated heterocycles. The van der Waals surface area contributed by atoms with Gasteiger partial charge < -0.3 is 5.11 Å². The van der Waals surface area contributed by atoms with Crippen LogP contribution < -0.4 is 5.32 Å². The van der Waals surface area contributed by atoms with Gasteiger partial charge in [-0.15, -0.1) is 10.2 Å². The normalized spacial score (nSPS) is 10.4. The van der Waals surface area contributed by atoms with Crippen LogP contribution in [-0.4, -0.2) is 32.9 Å². The molecule has 9 heteroatoms. The van der Waals surface area contributed by atoms with Crippen LogP contribution in [0.4, 0.5) is 5.13 Å². The second kappa shape index (κ2) is 7.01. The lowest BCUT2D eigenvalue weighted by Gasteiger charge is -2.03. The van der Waals surface area contributed by atoms with Gasteiger partial charge in [-0.1, -0.05) is 39.0 Å². The number of rotatable bonds is 5. The first-order chi connectivity index (χ1) is 9.94. The van der Waals surface area contributed by atoms with Crippen molar-refractivity contribution in [3.05, 3.63) is 33.8 Å². The molecule has 0 aliphatic heterocycles. The zero-order valence-corrected chi connectivity index (χ0v) is 14.0. The predicted octanol–water partition coefficient (Wildman–Crippen LogP) is 3.04. The molecule has 21 heavy (non-hydrogen) atoms. The number of carboxylic acids is 1. The third kappa shape index (κ3) is 4.80. The number of carboxylic acid groups (broad SMARTS) is 1. The number of benzene rings is 1. The van der Waals surface area contributed by atoms with Crippen molar-refractivity contribution < 1.29 is 14.7 Å². The first-order valence-corrected chi connectivity index (χ1v) is 8.30. The van der Waals surface area contributed by atoms with Gasteiger partial charge in [0.2, 0.25) is 5.13 Å². The maximum absolute atomic E-state index is 12.1. The first-order valence-electron chi connectivity index (χ1n) is 5.70. The van der Waals surface area contributed by atoms with Crippen LogP contribution in [0.25, 0.3) is 0 Å². The number of aliphatic carboxylic acids is 1. The molecule has 0 fully saturated rings. The van der Waals surface area contributed by atoms with Gasteiger partial charge in [-0.3, -0.25) is 14.9 Å². The third-order valence-electron chi connectivity index (χ3n) is 2.25. The SMILES string of the molecule is Cc1cc(Br)cc(C(=O)Nc2nnc(SCC(=O)O)s2)c1. The number of aryl methyl sites for hydroxylation is 1. The minimum atomic E-state index is -0.926. The standard InChI is InChI=1S/C12H10BrN3O3S2/c1-6-2-7(4-8(13)3-6)10(19)14-11-15-16-12(21-11)20-5-9(17)18/h2-4H,5H2,1H3,(H,17,18)(H,14,15,19). The van der Waals surface area contributed by atoms with Gasteiger partial charge in [0, 0.05) is 10.0 Å². The second-order valence-electron chi connectivity index (χ2n) is 4.03. The van der Waals surface area contributed by atoms with Crippen molar-refractivity contribution in [2.45, 2.75) is 11.3 Å². The summed E-state index contributed by atoms with van der Waals surface area (Å²) in [5.41, 5.74) is 1.47. The molecule has 2 rings (SSSR count). The average Bonchev–Trinajstić information content (AvgIpc) is 2.83. The van der Waals surface area contributed by atoms with Crippen LogP contribution in [0.15, 0.2) is 27.0 Å². The summed E-state index contributed by atoms with van der Waals surface area (Å²) in [6, 6.07) is 5.38. The Kier molecular flexibility index (Phi) is 5.32. The Labute approximate surface area is 137 Å². The molecule has 2 aromatic rings. The number of hydrogen-bond donors (Lipinski definition) is 2. The largest absolute Gasteiger partial charge is 0.481 e. The van der Waals surface area contributed by atoms with Crippen LogP contribution in [0.3, 0.4) is 0 Å². The van der Waals surface area contributed by atoms with Crippen LogP contribution in [0.5, 0.6) is 0 Å². The molecule has 0 atom stereocenters. The molecule has 1 aromatic heterocycles. The monoisotopic (exact) mass is 387 g/mol. The molecule has 110 valence electrons. The van der Waals surface area contributed by atoms with E-state index >= 15 is 0 Å². The molecule has 0 unspecified atom stereocenters. The summed E-state index contributed by atoms with van der Waals surface area (Å²) < 4.78 is 1.32. The molecule has 0 spiro atoms. The van der Waals surface area contributed by atoms with E-state index in [1.54, 1.807) is 12.1 Å². The van der Waals surface area contributed by atoms with E-state index in [-0.39, 0.29) is 11.7 Å². The number of halogens is 1. The number of nitrogens with one attached hydrogen (secondary N) is 1. The molecule has 0 radical (unpaired) electrons. The lowest BCUT2D eigenvalue weighted by Crippen LogP contribution is -2.11. The summed E-state index contributed by atoms with van der Waals surface area (Å²) in [5, 5.41) is 19.2. The zero-order valence-electron chi connectivity index (χ0n) is 10.8. The Balaban J connectivity index is 2.04. The number of anilines is 1. The van der Waals surface area contributed by atoms with Crippen LogP contribution in [0, 0.1) is 6.92 Å². The van der Waals surface area contributed by atoms with Gasteiger partial charge in [-0.05, 0) is 30.7 Å². The van der Waals surface area contributed by atoms with Gasteiger partial charge in [-0.2, -0.15) is 0 Å². The fourth-order valence-corrected chi connectivity index (χ4v) is 3.55. The lowest BCUT2D eigenvalue weighted by atomic mass is 10.1. The third-order valence-corrected chi connectivity index (χ3v) is 4.66. The minimum Gasteiger partial charge on any atom is -0.481 e. The number of carbonyl (C=O) groups excluding carboxylic acids is 1. The van der Waals surface area contributed by atoms with Crippen molar-refractivity contribution in [3.8, 4) is 0 Å². The van der Waals surface area contributed by atoms with Gasteiger partial charge in [-0.25, -0.2) is 0 Å². The van der Waals surface area contributed by atoms with Gasteiger partial charge in [0.15, 0.2) is 4.34 Å². The van der Waals surface area contributed by atoms with Gasteiger partial charge in [0.25, 0.3) is 5.91 Å². The topological polar surface area (TPSA) is 92.2 Å². The van der Waals surface area contributed by atoms with Crippen molar-refractivity contribution in [1.29, 1.82) is 0 Å². The van der Waals surface area contributed by atoms with Gasteiger partial charge in [0.1, 0.15) is 0 Å². The van der Waals surface area contributed by atoms with E-state index in [0.717, 1.165) is 33.1 Å². The van der Waals surface area contributed by atoms with E-state index < -0.39 is 5.97 Å². The van der Waals surface area contributed by atoms with Crippen molar-refractivity contribution in [1.82, 2.24) is 10.2 Å². The molecule has 1 aromatic carbocycles. The van der Waals surface area contributed by atoms with Gasteiger partial charge >= 0.3 is 5.97 Å². The fourth-order valence-electron chi connectivity index (χ4n) is 1.48. The summed E-state index contributed by atoms with van der Waals surface area (Å²) >= 11 is 5.54. The van der Waals surface area contributed by atoms with Crippen molar-refractivity contribution >= 4 is 56.0 Å². The maximum Gasteiger partial charge on any atom is 0.313 e. The van der Waals surface area contributed by atoms with Crippen molar-refractivity contribution in [3.63, 3.8) is 0 Å². The summed E-state index contributed by atoms with van der Waals surface area (Å²) in [6.45, 7) is 1.90. The zero-order chi connectivity index (χ0) is 15.4. The van der Waals surface area contributed by atoms with Crippen LogP contribution in [-0.2, 0) is 4.79 Å². The molecule has 0 bridgehead atoms. The van der Waals surface area contributed by atoms with Gasteiger partial charge in [0.05, 0.1) is 5.75 Å². The van der Waals surface area contributed by atoms with Crippen molar-refractivity contribution in [2.75, 3.05) is 11.1 Å². The van der Waals surface area contributed by atoms with E-state index in [4.69, 9.17) is 5.11 Å². The Morgan fingerprint density at radius 2 is 2.14 bits per heavy atom. The quantitative estimate of drug-likeness (QED) is 0.604. The summed E-state index contributed by atoms with van der Waals surface area (Å²) in [5.74, 6) is -1.30. The number of nitrogens with zero attached hydrogens (tertiary/aromatic N) is 2. The highest BCUT2D eigenvalue weighted by atomic mass is 79.9. The van der Waals surface area contributed by atoms with E-state index in [0.29, 0.717) is 15.0 Å². The van der Waals surface area contributed by atoms with E-state index in [1.165, 1.54) is 0 Å². The number of thioether (sulfide) groups is 1. The molecule has 0 saturated carbocycles. The highest BCUT2D eigenvalue weighted by Gasteiger charge is 2.12. The molecule has 6 nitrogen and oxygen atoms in total. The number of hydrogen-bond acceptors (Lipinski definition) is 6. The minimum absolute atomic E-state index is 0.0899. The van der Waals surface area contributed by atoms with E-state index in [9.17, 15) is 9.59 Å². The fraction of sp³-hybridized carbons (Fsp3) is 0.167. The molecule has 0 aliphatic rings. The maximum atomic E-state index is 12.1. The van der Waals surface area contributed by atoms with E-state index in [1.807, 2.05) is 13.0 Å². The van der Waals surface area contributed by atoms with Crippen LogP contribution in [0.2, 0.25) is 0 Å². The molecular formula is C12H10BrN3O3S2. The first kappa shape index (κ1) is 15.9. The number of aromatic nitrogens is 2. The smallest absolute Gasteiger partial charge is 0.313 e. The molecule has 0 aliphatic carbocycles. The second-order valence-corrected chi connectivity index (χ2v) is 7.14. The summed E-state index contributed by atoms with van der Waals surface area (Å²) in [7, 11) is 0. The number of carbonyl (C=O) groups is 2. The molecular weight excluding hydrogens is 378 g/mol. The Morgan fingerprint density at radius 1 is 1.38 bits per heavy atom. The molecule has 1 amide bonds. The van der Waals surface area contributed by atoms with Crippen molar-refractivity contribution in [2.24, 2.45) is 0 Å². The summed E-state index contributed by atoms with van der Waals surface area (Å²) in [6.07, 6.45) is 0. The highest BCUT2D eigenvalue weighted by Crippen LogP contribution is 2.26. The average molecular weight is 388 g/mol. The van der Waals surface area contributed by atoms with Crippen LogP contribution in [0.1, 0.15) is 15.9 Å². The predicted molar refractivity (Wildman–Crippen MR) is 85.1 cm³/mol. The molecule has 1 heterocycles. The Morgan fingerprint density at radius 3 is 2.81 bits per heavy atom. The lowest BCUT2D eigenvalue weighted by molar-refractivity contribution is -0.133. The van der Waals surface area contributed by atoms with Crippen LogP contribution >= 0.6 is 39.0 Å². The molecule has 2 N–H and O–H groups in total. The summed E-state index contributed by atoms with van der Waals surface area (Å²) in [4.78, 5) is 22.6. The highest BCUT2D eigenvalue weighted by molar-refractivity contribution is 9.10. The Hall–Kier alpha value is -1.45. The number of amides is 1.